The maximum Gasteiger partial charge on any atom is 3.00 e. The fraction of sp³-hybridized carbons (Fsp3) is 0. The third-order valence-electron chi connectivity index (χ3n) is 0. The third-order valence-corrected chi connectivity index (χ3v) is 0. The second-order valence-corrected chi connectivity index (χ2v) is 0. The zero-order valence-corrected chi connectivity index (χ0v) is 3.07. The molecule has 0 aromatic rings. The minimum atomic E-state index is 0. The molecule has 0 amide bonds. The van der Waals surface area contributed by atoms with Gasteiger partial charge in [-0.1, -0.05) is 0 Å². The van der Waals surface area contributed by atoms with Crippen LogP contribution >= 0.6 is 0 Å². The number of hydrogen-bond donors (Lipinski definition) is 0. The van der Waals surface area contributed by atoms with Crippen molar-refractivity contribution in [2.45, 2.75) is 0 Å². The molecule has 5 heavy (non-hydrogen) atoms. The van der Waals surface area contributed by atoms with E-state index in [0.717, 1.165) is 0 Å². The summed E-state index contributed by atoms with van der Waals surface area (Å²) in [4.78, 5) is 0. The maximum absolute atomic E-state index is 0. The number of hydrogen-bond acceptors (Lipinski definition) is 3. The minimum absolute atomic E-state index is 0. The molecule has 0 spiro atoms. The average Bonchev–Trinajstić information content (AvgIpc) is 0. The van der Waals surface area contributed by atoms with Crippen molar-refractivity contribution in [2.24, 2.45) is 0 Å². The van der Waals surface area contributed by atoms with Crippen LogP contribution < -0.4 is 0 Å². The van der Waals surface area contributed by atoms with Crippen LogP contribution in [0.3, 0.4) is 0 Å². The maximum atomic E-state index is 0. The Labute approximate surface area is 57.0 Å². The van der Waals surface area contributed by atoms with Crippen molar-refractivity contribution in [3.63, 3.8) is 0 Å². The van der Waals surface area contributed by atoms with E-state index < -0.39 is 0 Å². The van der Waals surface area contributed by atoms with Crippen molar-refractivity contribution in [3.05, 3.63) is 0 Å². The monoisotopic (exact) mass is 104 g/mol. The molecule has 3 nitrogen and oxygen atoms in total. The van der Waals surface area contributed by atoms with Gasteiger partial charge in [-0.3, -0.25) is 0 Å². The van der Waals surface area contributed by atoms with E-state index in [4.69, 9.17) is 0 Å². The molecule has 3 N–H and O–H groups in total. The van der Waals surface area contributed by atoms with Crippen LogP contribution in [0.1, 0.15) is 0 Å². The summed E-state index contributed by atoms with van der Waals surface area (Å²) in [6, 6.07) is 0. The summed E-state index contributed by atoms with van der Waals surface area (Å²) < 4.78 is 0. The van der Waals surface area contributed by atoms with Gasteiger partial charge in [0.15, 0.2) is 0 Å². The summed E-state index contributed by atoms with van der Waals surface area (Å²) in [5.41, 5.74) is 0. The Morgan fingerprint density at radius 3 is 0.600 bits per heavy atom. The normalized spacial score (nSPS) is 0. The molecule has 0 aromatic carbocycles. The van der Waals surface area contributed by atoms with Crippen LogP contribution in [0.5, 0.6) is 0 Å². The molecule has 0 bridgehead atoms. The Balaban J connectivity index is 0. The van der Waals surface area contributed by atoms with Crippen molar-refractivity contribution in [1.82, 2.24) is 0 Å². The fourth-order valence-corrected chi connectivity index (χ4v) is 0. The Morgan fingerprint density at radius 1 is 0.600 bits per heavy atom. The third kappa shape index (κ3) is 37.7. The molecular weight excluding hydrogens is 99.3 g/mol. The van der Waals surface area contributed by atoms with E-state index in [0.29, 0.717) is 0 Å². The van der Waals surface area contributed by atoms with Gasteiger partial charge in [0.05, 0.1) is 0 Å². The molecule has 0 rings (SSSR count). The Morgan fingerprint density at radius 2 is 0.600 bits per heavy atom. The Hall–Kier alpha value is 1.18. The van der Waals surface area contributed by atoms with Crippen molar-refractivity contribution in [2.75, 3.05) is 0 Å². The fourth-order valence-electron chi connectivity index (χ4n) is 0. The van der Waals surface area contributed by atoms with Crippen LogP contribution in [0.25, 0.3) is 0 Å². The number of rotatable bonds is 0. The van der Waals surface area contributed by atoms with Crippen LogP contribution in [-0.4, -0.2) is 56.8 Å². The molecule has 0 aromatic heterocycles. The van der Waals surface area contributed by atoms with Gasteiger partial charge in [-0.2, -0.15) is 0 Å². The van der Waals surface area contributed by atoms with Gasteiger partial charge in [-0.05, 0) is 0 Å². The van der Waals surface area contributed by atoms with Crippen LogP contribution in [0, 0.1) is 0 Å². The summed E-state index contributed by atoms with van der Waals surface area (Å²) in [5, 5.41) is 0. The predicted octanol–water partition coefficient (Wildman–Crippen LogP) is -1.83. The van der Waals surface area contributed by atoms with Crippen LogP contribution in [0.4, 0.5) is 0 Å². The Bertz CT molecular complexity index is 6.85. The summed E-state index contributed by atoms with van der Waals surface area (Å²) in [6.45, 7) is 0. The molecule has 0 heterocycles. The molecule has 0 saturated carbocycles. The molecule has 0 radical (unpaired) electrons. The van der Waals surface area contributed by atoms with Gasteiger partial charge < -0.3 is 16.4 Å². The van der Waals surface area contributed by atoms with Gasteiger partial charge in [0.1, 0.15) is 0 Å². The first-order valence-corrected chi connectivity index (χ1v) is 0. The van der Waals surface area contributed by atoms with E-state index in [9.17, 15) is 0 Å². The first-order valence-electron chi connectivity index (χ1n) is 0. The smallest absolute Gasteiger partial charge is 0.870 e. The summed E-state index contributed by atoms with van der Waals surface area (Å²) in [5.74, 6) is 0. The van der Waals surface area contributed by atoms with Gasteiger partial charge in [0.2, 0.25) is 0 Å². The van der Waals surface area contributed by atoms with E-state index >= 15 is 0 Å². The van der Waals surface area contributed by atoms with Crippen molar-refractivity contribution < 1.29 is 16.4 Å². The second kappa shape index (κ2) is 65.1. The molecule has 0 aliphatic rings. The van der Waals surface area contributed by atoms with Crippen molar-refractivity contribution >= 4 is 40.4 Å². The molecular formula is H5AlMgO3. The van der Waals surface area contributed by atoms with E-state index in [1.807, 2.05) is 0 Å². The van der Waals surface area contributed by atoms with Crippen molar-refractivity contribution in [1.29, 1.82) is 0 Å². The van der Waals surface area contributed by atoms with E-state index in [1.54, 1.807) is 0 Å². The Kier molecular flexibility index (Phi) is 1550. The molecule has 0 aliphatic carbocycles. The summed E-state index contributed by atoms with van der Waals surface area (Å²) >= 11 is 0. The molecule has 0 fully saturated rings. The minimum Gasteiger partial charge on any atom is -0.870 e. The quantitative estimate of drug-likeness (QED) is 0.339. The summed E-state index contributed by atoms with van der Waals surface area (Å²) in [6.07, 6.45) is 0. The zero-order valence-electron chi connectivity index (χ0n) is 1.92. The first kappa shape index (κ1) is 119. The van der Waals surface area contributed by atoms with E-state index in [2.05, 4.69) is 0 Å². The standard InChI is InChI=1S/Al.Mg.3H2O.2H/h;;3*1H2;;/q+3;;;;;;/p-3. The zero-order chi connectivity index (χ0) is 0. The topological polar surface area (TPSA) is 90.0 Å². The summed E-state index contributed by atoms with van der Waals surface area (Å²) in [7, 11) is 0. The van der Waals surface area contributed by atoms with Gasteiger partial charge in [-0.15, -0.1) is 0 Å². The van der Waals surface area contributed by atoms with Gasteiger partial charge >= 0.3 is 40.4 Å². The molecule has 0 unspecified atom stereocenters. The van der Waals surface area contributed by atoms with E-state index in [-0.39, 0.29) is 56.8 Å². The molecule has 0 aliphatic heterocycles. The van der Waals surface area contributed by atoms with Gasteiger partial charge in [0.25, 0.3) is 0 Å². The first-order chi connectivity index (χ1) is 0. The molecule has 5 heteroatoms. The van der Waals surface area contributed by atoms with Crippen LogP contribution in [-0.2, 0) is 0 Å². The molecule has 28 valence electrons. The van der Waals surface area contributed by atoms with Crippen LogP contribution in [0.2, 0.25) is 0 Å². The van der Waals surface area contributed by atoms with E-state index in [1.165, 1.54) is 0 Å². The molecule has 0 atom stereocenters. The van der Waals surface area contributed by atoms with Gasteiger partial charge in [-0.25, -0.2) is 0 Å². The van der Waals surface area contributed by atoms with Gasteiger partial charge in [0, 0.05) is 0 Å². The second-order valence-electron chi connectivity index (χ2n) is 0. The van der Waals surface area contributed by atoms with Crippen LogP contribution in [0.15, 0.2) is 0 Å². The SMILES string of the molecule is [Al+3].[MgH2].[OH-].[OH-].[OH-]. The molecule has 0 saturated heterocycles. The predicted molar refractivity (Wildman–Crippen MR) is 20.1 cm³/mol. The largest absolute Gasteiger partial charge is 3.00 e. The average molecular weight is 104 g/mol. The van der Waals surface area contributed by atoms with Crippen molar-refractivity contribution in [3.8, 4) is 0 Å².